The smallest absolute Gasteiger partial charge is 0.266 e. The quantitative estimate of drug-likeness (QED) is 0.352. The van der Waals surface area contributed by atoms with Crippen molar-refractivity contribution >= 4 is 40.4 Å². The highest BCUT2D eigenvalue weighted by Crippen LogP contribution is 2.25. The van der Waals surface area contributed by atoms with E-state index in [-0.39, 0.29) is 11.7 Å². The molecule has 0 aliphatic heterocycles. The predicted octanol–water partition coefficient (Wildman–Crippen LogP) is 3.06. The molecular weight excluding hydrogens is 298 g/mol. The summed E-state index contributed by atoms with van der Waals surface area (Å²) in [4.78, 5) is 12.7. The number of nitrogens with zero attached hydrogens (tertiary/aromatic N) is 1. The number of amides is 1. The Labute approximate surface area is 124 Å². The number of thiophene rings is 1. The van der Waals surface area contributed by atoms with Crippen molar-refractivity contribution in [2.75, 3.05) is 5.32 Å². The van der Waals surface area contributed by atoms with Gasteiger partial charge >= 0.3 is 0 Å². The zero-order valence-corrected chi connectivity index (χ0v) is 12.1. The number of rotatable bonds is 3. The predicted molar refractivity (Wildman–Crippen MR) is 81.0 cm³/mol. The summed E-state index contributed by atoms with van der Waals surface area (Å²) in [5.74, 6) is -0.255. The summed E-state index contributed by atoms with van der Waals surface area (Å²) in [5.41, 5.74) is 7.33. The van der Waals surface area contributed by atoms with E-state index in [1.807, 2.05) is 18.4 Å². The number of oxime groups is 1. The molecule has 1 amide bonds. The standard InChI is InChI=1S/C13H12ClN3O2S/c1-7-4-5-20-11(7)13(18)16-10-3-2-8(6-9(10)14)12(15)17-19/h2-6,19H,1H3,(H2,15,17)(H,16,18). The summed E-state index contributed by atoms with van der Waals surface area (Å²) in [6, 6.07) is 6.62. The van der Waals surface area contributed by atoms with Gasteiger partial charge in [-0.2, -0.15) is 0 Å². The molecule has 0 radical (unpaired) electrons. The number of nitrogens with two attached hydrogens (primary N) is 1. The van der Waals surface area contributed by atoms with Crippen molar-refractivity contribution in [3.63, 3.8) is 0 Å². The first-order chi connectivity index (χ1) is 9.52. The zero-order chi connectivity index (χ0) is 14.7. The van der Waals surface area contributed by atoms with Crippen molar-refractivity contribution in [3.05, 3.63) is 50.7 Å². The maximum absolute atomic E-state index is 12.1. The molecule has 0 unspecified atom stereocenters. The van der Waals surface area contributed by atoms with Crippen LogP contribution in [0.1, 0.15) is 20.8 Å². The van der Waals surface area contributed by atoms with Gasteiger partial charge in [-0.1, -0.05) is 16.8 Å². The summed E-state index contributed by atoms with van der Waals surface area (Å²) in [5, 5.41) is 16.4. The molecule has 2 aromatic rings. The lowest BCUT2D eigenvalue weighted by Gasteiger charge is -2.08. The van der Waals surface area contributed by atoms with Crippen LogP contribution >= 0.6 is 22.9 Å². The second-order valence-corrected chi connectivity index (χ2v) is 5.39. The summed E-state index contributed by atoms with van der Waals surface area (Å²) >= 11 is 7.44. The molecule has 7 heteroatoms. The molecule has 0 spiro atoms. The highest BCUT2D eigenvalue weighted by molar-refractivity contribution is 7.12. The number of anilines is 1. The first-order valence-corrected chi connectivity index (χ1v) is 6.91. The fourth-order valence-electron chi connectivity index (χ4n) is 1.62. The molecule has 0 aliphatic rings. The minimum Gasteiger partial charge on any atom is -0.409 e. The number of benzene rings is 1. The van der Waals surface area contributed by atoms with Gasteiger partial charge in [0.05, 0.1) is 15.6 Å². The van der Waals surface area contributed by atoms with E-state index in [4.69, 9.17) is 22.5 Å². The summed E-state index contributed by atoms with van der Waals surface area (Å²) in [7, 11) is 0. The van der Waals surface area contributed by atoms with Crippen molar-refractivity contribution in [1.82, 2.24) is 0 Å². The van der Waals surface area contributed by atoms with Crippen LogP contribution in [0, 0.1) is 6.92 Å². The molecule has 4 N–H and O–H groups in total. The lowest BCUT2D eigenvalue weighted by atomic mass is 10.2. The number of hydrogen-bond donors (Lipinski definition) is 3. The number of halogens is 1. The lowest BCUT2D eigenvalue weighted by molar-refractivity contribution is 0.103. The van der Waals surface area contributed by atoms with Crippen molar-refractivity contribution in [2.24, 2.45) is 10.9 Å². The van der Waals surface area contributed by atoms with Crippen LogP contribution < -0.4 is 11.1 Å². The monoisotopic (exact) mass is 309 g/mol. The van der Waals surface area contributed by atoms with E-state index in [0.29, 0.717) is 21.2 Å². The van der Waals surface area contributed by atoms with E-state index in [2.05, 4.69) is 10.5 Å². The SMILES string of the molecule is Cc1ccsc1C(=O)Nc1ccc(/C(N)=N/O)cc1Cl. The Balaban J connectivity index is 2.23. The Morgan fingerprint density at radius 3 is 2.75 bits per heavy atom. The van der Waals surface area contributed by atoms with Crippen molar-refractivity contribution in [3.8, 4) is 0 Å². The van der Waals surface area contributed by atoms with Gasteiger partial charge in [0, 0.05) is 5.56 Å². The van der Waals surface area contributed by atoms with Crippen LogP contribution in [0.3, 0.4) is 0 Å². The Kier molecular flexibility index (Phi) is 4.26. The van der Waals surface area contributed by atoms with Crippen molar-refractivity contribution in [1.29, 1.82) is 0 Å². The second kappa shape index (κ2) is 5.94. The van der Waals surface area contributed by atoms with Gasteiger partial charge < -0.3 is 16.3 Å². The topological polar surface area (TPSA) is 87.7 Å². The van der Waals surface area contributed by atoms with Gasteiger partial charge in [0.2, 0.25) is 0 Å². The molecule has 2 rings (SSSR count). The molecule has 0 bridgehead atoms. The van der Waals surface area contributed by atoms with Crippen molar-refractivity contribution in [2.45, 2.75) is 6.92 Å². The van der Waals surface area contributed by atoms with Gasteiger partial charge in [-0.3, -0.25) is 4.79 Å². The second-order valence-electron chi connectivity index (χ2n) is 4.07. The molecule has 1 aromatic heterocycles. The van der Waals surface area contributed by atoms with Crippen LogP contribution in [0.2, 0.25) is 5.02 Å². The van der Waals surface area contributed by atoms with E-state index in [1.54, 1.807) is 12.1 Å². The summed E-state index contributed by atoms with van der Waals surface area (Å²) in [6.07, 6.45) is 0. The molecule has 0 saturated carbocycles. The normalized spacial score (nSPS) is 11.4. The average Bonchev–Trinajstić information content (AvgIpc) is 2.86. The highest BCUT2D eigenvalue weighted by atomic mass is 35.5. The first-order valence-electron chi connectivity index (χ1n) is 5.66. The highest BCUT2D eigenvalue weighted by Gasteiger charge is 2.13. The Bertz CT molecular complexity index is 682. The minimum atomic E-state index is -0.212. The van der Waals surface area contributed by atoms with Crippen LogP contribution in [-0.2, 0) is 0 Å². The molecule has 0 saturated heterocycles. The van der Waals surface area contributed by atoms with Gasteiger partial charge in [-0.25, -0.2) is 0 Å². The van der Waals surface area contributed by atoms with Gasteiger partial charge in [0.25, 0.3) is 5.91 Å². The Morgan fingerprint density at radius 1 is 1.45 bits per heavy atom. The molecule has 0 fully saturated rings. The average molecular weight is 310 g/mol. The van der Waals surface area contributed by atoms with Crippen molar-refractivity contribution < 1.29 is 10.0 Å². The number of carbonyl (C=O) groups is 1. The number of carbonyl (C=O) groups excluding carboxylic acids is 1. The maximum Gasteiger partial charge on any atom is 0.266 e. The number of aryl methyl sites for hydroxylation is 1. The lowest BCUT2D eigenvalue weighted by Crippen LogP contribution is -2.14. The number of nitrogens with one attached hydrogen (secondary N) is 1. The van der Waals surface area contributed by atoms with E-state index in [1.165, 1.54) is 17.4 Å². The molecule has 20 heavy (non-hydrogen) atoms. The Morgan fingerprint density at radius 2 is 2.20 bits per heavy atom. The molecule has 1 heterocycles. The van der Waals surface area contributed by atoms with Gasteiger partial charge in [-0.05, 0) is 42.1 Å². The molecular formula is C13H12ClN3O2S. The maximum atomic E-state index is 12.1. The third-order valence-electron chi connectivity index (χ3n) is 2.69. The fraction of sp³-hybridized carbons (Fsp3) is 0.0769. The fourth-order valence-corrected chi connectivity index (χ4v) is 2.67. The summed E-state index contributed by atoms with van der Waals surface area (Å²) in [6.45, 7) is 1.87. The molecule has 0 atom stereocenters. The zero-order valence-electron chi connectivity index (χ0n) is 10.6. The van der Waals surface area contributed by atoms with Crippen LogP contribution in [0.15, 0.2) is 34.8 Å². The van der Waals surface area contributed by atoms with Crippen LogP contribution in [0.25, 0.3) is 0 Å². The van der Waals surface area contributed by atoms with Crippen LogP contribution in [0.4, 0.5) is 5.69 Å². The van der Waals surface area contributed by atoms with Gasteiger partial charge in [-0.15, -0.1) is 11.3 Å². The number of hydrogen-bond acceptors (Lipinski definition) is 4. The van der Waals surface area contributed by atoms with Crippen LogP contribution in [0.5, 0.6) is 0 Å². The van der Waals surface area contributed by atoms with Crippen LogP contribution in [-0.4, -0.2) is 17.0 Å². The molecule has 0 aliphatic carbocycles. The molecule has 104 valence electrons. The first kappa shape index (κ1) is 14.4. The van der Waals surface area contributed by atoms with E-state index in [9.17, 15) is 4.79 Å². The van der Waals surface area contributed by atoms with E-state index in [0.717, 1.165) is 5.56 Å². The van der Waals surface area contributed by atoms with Gasteiger partial charge in [0.15, 0.2) is 5.84 Å². The largest absolute Gasteiger partial charge is 0.409 e. The van der Waals surface area contributed by atoms with E-state index >= 15 is 0 Å². The molecule has 1 aromatic carbocycles. The van der Waals surface area contributed by atoms with E-state index < -0.39 is 0 Å². The molecule has 5 nitrogen and oxygen atoms in total. The minimum absolute atomic E-state index is 0.0427. The third kappa shape index (κ3) is 2.92. The Hall–Kier alpha value is -2.05. The number of amidine groups is 1. The third-order valence-corrected chi connectivity index (χ3v) is 4.02. The van der Waals surface area contributed by atoms with Gasteiger partial charge in [0.1, 0.15) is 0 Å². The summed E-state index contributed by atoms with van der Waals surface area (Å²) < 4.78 is 0.